The van der Waals surface area contributed by atoms with Gasteiger partial charge < -0.3 is 14.0 Å². The van der Waals surface area contributed by atoms with Gasteiger partial charge in [0.1, 0.15) is 5.82 Å². The Labute approximate surface area is 153 Å². The number of aryl methyl sites for hydroxylation is 1. The molecule has 0 radical (unpaired) electrons. The second-order valence-electron chi connectivity index (χ2n) is 6.86. The second-order valence-corrected chi connectivity index (χ2v) is 6.86. The van der Waals surface area contributed by atoms with Gasteiger partial charge in [-0.2, -0.15) is 0 Å². The van der Waals surface area contributed by atoms with Crippen LogP contribution >= 0.6 is 0 Å². The third-order valence-electron chi connectivity index (χ3n) is 5.06. The number of carbonyl (C=O) groups excluding carboxylic acids is 1. The Hall–Kier alpha value is -2.89. The highest BCUT2D eigenvalue weighted by molar-refractivity contribution is 5.94. The summed E-state index contributed by atoms with van der Waals surface area (Å²) in [6, 6.07) is 8.22. The fourth-order valence-electron chi connectivity index (χ4n) is 3.67. The molecule has 0 N–H and O–H groups in total. The molecule has 3 heterocycles. The number of hydrogen-bond donors (Lipinski definition) is 0. The van der Waals surface area contributed by atoms with Crippen LogP contribution in [0.25, 0.3) is 0 Å². The summed E-state index contributed by atoms with van der Waals surface area (Å²) in [5.41, 5.74) is 1.91. The van der Waals surface area contributed by atoms with E-state index in [1.807, 2.05) is 59.2 Å². The van der Waals surface area contributed by atoms with Crippen LogP contribution in [0.3, 0.4) is 0 Å². The molecular weight excluding hydrogens is 326 g/mol. The molecule has 3 aromatic rings. The van der Waals surface area contributed by atoms with Gasteiger partial charge in [0.05, 0.1) is 12.4 Å². The summed E-state index contributed by atoms with van der Waals surface area (Å²) in [4.78, 5) is 23.3. The fourth-order valence-corrected chi connectivity index (χ4v) is 3.67. The molecule has 1 saturated heterocycles. The van der Waals surface area contributed by atoms with E-state index >= 15 is 0 Å². The molecule has 1 amide bonds. The van der Waals surface area contributed by atoms with E-state index in [9.17, 15) is 4.79 Å². The van der Waals surface area contributed by atoms with Gasteiger partial charge in [0.15, 0.2) is 0 Å². The normalized spacial score (nSPS) is 17.4. The summed E-state index contributed by atoms with van der Waals surface area (Å²) in [6.07, 6.45) is 11.5. The topological polar surface area (TPSA) is 56.0 Å². The summed E-state index contributed by atoms with van der Waals surface area (Å²) >= 11 is 0. The first-order chi connectivity index (χ1) is 12.7. The average molecular weight is 349 g/mol. The number of nitrogens with zero attached hydrogens (tertiary/aromatic N) is 5. The number of imidazole rings is 2. The predicted octanol–water partition coefficient (Wildman–Crippen LogP) is 2.91. The summed E-state index contributed by atoms with van der Waals surface area (Å²) in [6.45, 7) is 4.34. The number of aromatic nitrogens is 4. The molecule has 1 aliphatic heterocycles. The van der Waals surface area contributed by atoms with E-state index in [0.717, 1.165) is 49.4 Å². The van der Waals surface area contributed by atoms with Crippen LogP contribution in [0.2, 0.25) is 0 Å². The van der Waals surface area contributed by atoms with Crippen molar-refractivity contribution >= 4 is 5.91 Å². The SMILES string of the molecule is Cc1nccn1[C@H]1CCCN(C(=O)c2ccc(Cn3ccnc3)cc2)C1. The minimum Gasteiger partial charge on any atom is -0.337 e. The van der Waals surface area contributed by atoms with Crippen molar-refractivity contribution in [3.05, 3.63) is 72.3 Å². The molecular formula is C20H23N5O. The first kappa shape index (κ1) is 16.6. The van der Waals surface area contributed by atoms with E-state index in [1.54, 1.807) is 12.5 Å². The molecule has 0 saturated carbocycles. The van der Waals surface area contributed by atoms with Crippen LogP contribution in [0.4, 0.5) is 0 Å². The second kappa shape index (κ2) is 7.15. The van der Waals surface area contributed by atoms with E-state index < -0.39 is 0 Å². The molecule has 0 bridgehead atoms. The summed E-state index contributed by atoms with van der Waals surface area (Å²) in [5.74, 6) is 1.12. The van der Waals surface area contributed by atoms with E-state index in [2.05, 4.69) is 14.5 Å². The third kappa shape index (κ3) is 3.40. The van der Waals surface area contributed by atoms with Gasteiger partial charge in [0.2, 0.25) is 0 Å². The van der Waals surface area contributed by atoms with Crippen molar-refractivity contribution in [2.24, 2.45) is 0 Å². The van der Waals surface area contributed by atoms with Crippen LogP contribution in [0, 0.1) is 6.92 Å². The molecule has 0 aliphatic carbocycles. The largest absolute Gasteiger partial charge is 0.337 e. The summed E-state index contributed by atoms with van der Waals surface area (Å²) in [7, 11) is 0. The van der Waals surface area contributed by atoms with E-state index in [4.69, 9.17) is 0 Å². The molecule has 1 atom stereocenters. The van der Waals surface area contributed by atoms with Crippen molar-refractivity contribution in [1.82, 2.24) is 24.0 Å². The number of hydrogen-bond acceptors (Lipinski definition) is 3. The molecule has 0 spiro atoms. The maximum Gasteiger partial charge on any atom is 0.253 e. The van der Waals surface area contributed by atoms with Crippen molar-refractivity contribution in [3.8, 4) is 0 Å². The lowest BCUT2D eigenvalue weighted by atomic mass is 10.0. The maximum absolute atomic E-state index is 12.9. The van der Waals surface area contributed by atoms with Crippen molar-refractivity contribution in [1.29, 1.82) is 0 Å². The predicted molar refractivity (Wildman–Crippen MR) is 98.9 cm³/mol. The quantitative estimate of drug-likeness (QED) is 0.728. The molecule has 1 fully saturated rings. The van der Waals surface area contributed by atoms with Gasteiger partial charge in [-0.05, 0) is 37.5 Å². The first-order valence-corrected chi connectivity index (χ1v) is 9.04. The number of carbonyl (C=O) groups is 1. The first-order valence-electron chi connectivity index (χ1n) is 9.04. The lowest BCUT2D eigenvalue weighted by molar-refractivity contribution is 0.0678. The highest BCUT2D eigenvalue weighted by atomic mass is 16.2. The van der Waals surface area contributed by atoms with Gasteiger partial charge in [0, 0.05) is 50.0 Å². The van der Waals surface area contributed by atoms with E-state index in [1.165, 1.54) is 0 Å². The number of piperidine rings is 1. The van der Waals surface area contributed by atoms with E-state index in [-0.39, 0.29) is 5.91 Å². The highest BCUT2D eigenvalue weighted by Crippen LogP contribution is 2.24. The Balaban J connectivity index is 1.44. The zero-order valence-corrected chi connectivity index (χ0v) is 15.0. The standard InChI is InChI=1S/C20H23N5O/c1-16-22-9-12-25(16)19-3-2-10-24(14-19)20(26)18-6-4-17(5-7-18)13-23-11-8-21-15-23/h4-9,11-12,15,19H,2-3,10,13-14H2,1H3/t19-/m0/s1. The van der Waals surface area contributed by atoms with Crippen LogP contribution in [0.1, 0.15) is 40.6 Å². The molecule has 1 aliphatic rings. The zero-order chi connectivity index (χ0) is 17.9. The molecule has 134 valence electrons. The van der Waals surface area contributed by atoms with Gasteiger partial charge >= 0.3 is 0 Å². The molecule has 0 unspecified atom stereocenters. The molecule has 26 heavy (non-hydrogen) atoms. The lowest BCUT2D eigenvalue weighted by Crippen LogP contribution is -2.40. The third-order valence-corrected chi connectivity index (χ3v) is 5.06. The molecule has 2 aromatic heterocycles. The fraction of sp³-hybridized carbons (Fsp3) is 0.350. The number of amides is 1. The molecule has 6 heteroatoms. The van der Waals surface area contributed by atoms with E-state index in [0.29, 0.717) is 6.04 Å². The Morgan fingerprint density at radius 1 is 1.19 bits per heavy atom. The number of benzene rings is 1. The molecule has 6 nitrogen and oxygen atoms in total. The summed E-state index contributed by atoms with van der Waals surface area (Å²) < 4.78 is 4.20. The average Bonchev–Trinajstić information content (AvgIpc) is 3.33. The number of likely N-dealkylation sites (tertiary alicyclic amines) is 1. The Kier molecular flexibility index (Phi) is 4.56. The minimum atomic E-state index is 0.113. The van der Waals surface area contributed by atoms with Crippen LogP contribution in [0.5, 0.6) is 0 Å². The smallest absolute Gasteiger partial charge is 0.253 e. The van der Waals surface area contributed by atoms with Crippen molar-refractivity contribution < 1.29 is 4.79 Å². The highest BCUT2D eigenvalue weighted by Gasteiger charge is 2.26. The van der Waals surface area contributed by atoms with Gasteiger partial charge in [0.25, 0.3) is 5.91 Å². The van der Waals surface area contributed by atoms with Crippen LogP contribution in [-0.4, -0.2) is 43.0 Å². The van der Waals surface area contributed by atoms with Crippen LogP contribution in [0.15, 0.2) is 55.4 Å². The van der Waals surface area contributed by atoms with Gasteiger partial charge in [-0.15, -0.1) is 0 Å². The number of rotatable bonds is 4. The zero-order valence-electron chi connectivity index (χ0n) is 15.0. The van der Waals surface area contributed by atoms with Crippen molar-refractivity contribution in [2.75, 3.05) is 13.1 Å². The Morgan fingerprint density at radius 2 is 2.04 bits per heavy atom. The minimum absolute atomic E-state index is 0.113. The molecule has 4 rings (SSSR count). The summed E-state index contributed by atoms with van der Waals surface area (Å²) in [5, 5.41) is 0. The van der Waals surface area contributed by atoms with Gasteiger partial charge in [-0.1, -0.05) is 12.1 Å². The van der Waals surface area contributed by atoms with Crippen LogP contribution in [-0.2, 0) is 6.54 Å². The van der Waals surface area contributed by atoms with Crippen LogP contribution < -0.4 is 0 Å². The van der Waals surface area contributed by atoms with Gasteiger partial charge in [-0.25, -0.2) is 9.97 Å². The Bertz CT molecular complexity index is 866. The molecule has 1 aromatic carbocycles. The lowest BCUT2D eigenvalue weighted by Gasteiger charge is -2.34. The van der Waals surface area contributed by atoms with Crippen molar-refractivity contribution in [2.45, 2.75) is 32.4 Å². The van der Waals surface area contributed by atoms with Crippen molar-refractivity contribution in [3.63, 3.8) is 0 Å². The maximum atomic E-state index is 12.9. The van der Waals surface area contributed by atoms with Gasteiger partial charge in [-0.3, -0.25) is 4.79 Å². The Morgan fingerprint density at radius 3 is 2.73 bits per heavy atom. The monoisotopic (exact) mass is 349 g/mol.